The van der Waals surface area contributed by atoms with Gasteiger partial charge in [-0.05, 0) is 30.7 Å². The molecule has 0 bridgehead atoms. The molecule has 0 saturated carbocycles. The SMILES string of the molecule is Cc1nc(N)ncc1-c1cc(-c2cccnc2)c(Cl)c(S(N)(=O)=O)c1. The number of primary sulfonamides is 1. The van der Waals surface area contributed by atoms with E-state index in [2.05, 4.69) is 15.0 Å². The van der Waals surface area contributed by atoms with Crippen molar-refractivity contribution in [2.24, 2.45) is 5.14 Å². The largest absolute Gasteiger partial charge is 0.368 e. The lowest BCUT2D eigenvalue weighted by molar-refractivity contribution is 0.598. The quantitative estimate of drug-likeness (QED) is 0.724. The molecule has 2 aromatic heterocycles. The molecule has 0 atom stereocenters. The number of aromatic nitrogens is 3. The molecule has 0 aliphatic heterocycles. The minimum atomic E-state index is -4.03. The van der Waals surface area contributed by atoms with Crippen molar-refractivity contribution in [2.75, 3.05) is 5.73 Å². The third kappa shape index (κ3) is 3.46. The van der Waals surface area contributed by atoms with Gasteiger partial charge < -0.3 is 5.73 Å². The minimum absolute atomic E-state index is 0.0354. The Balaban J connectivity index is 2.34. The summed E-state index contributed by atoms with van der Waals surface area (Å²) in [5.41, 5.74) is 8.53. The highest BCUT2D eigenvalue weighted by Crippen LogP contribution is 2.37. The van der Waals surface area contributed by atoms with Gasteiger partial charge in [0.25, 0.3) is 0 Å². The summed E-state index contributed by atoms with van der Waals surface area (Å²) in [7, 11) is -4.03. The summed E-state index contributed by atoms with van der Waals surface area (Å²) in [6, 6.07) is 6.65. The third-order valence-corrected chi connectivity index (χ3v) is 5.08. The Morgan fingerprint density at radius 3 is 2.48 bits per heavy atom. The zero-order valence-electron chi connectivity index (χ0n) is 13.1. The van der Waals surface area contributed by atoms with Crippen LogP contribution in [-0.4, -0.2) is 23.4 Å². The van der Waals surface area contributed by atoms with Crippen molar-refractivity contribution in [3.05, 3.63) is 53.6 Å². The average molecular weight is 376 g/mol. The van der Waals surface area contributed by atoms with Gasteiger partial charge in [0.1, 0.15) is 4.90 Å². The molecule has 2 heterocycles. The van der Waals surface area contributed by atoms with E-state index in [1.807, 2.05) is 0 Å². The van der Waals surface area contributed by atoms with E-state index in [0.717, 1.165) is 0 Å². The summed E-state index contributed by atoms with van der Waals surface area (Å²) in [4.78, 5) is 11.9. The van der Waals surface area contributed by atoms with Crippen LogP contribution in [0.1, 0.15) is 5.69 Å². The van der Waals surface area contributed by atoms with Crippen LogP contribution in [0.3, 0.4) is 0 Å². The lowest BCUT2D eigenvalue weighted by Gasteiger charge is -2.13. The molecular formula is C16H14ClN5O2S. The summed E-state index contributed by atoms with van der Waals surface area (Å²) < 4.78 is 24.0. The molecule has 1 aromatic carbocycles. The predicted octanol–water partition coefficient (Wildman–Crippen LogP) is 2.40. The van der Waals surface area contributed by atoms with Gasteiger partial charge in [0.15, 0.2) is 0 Å². The van der Waals surface area contributed by atoms with Gasteiger partial charge in [0.2, 0.25) is 16.0 Å². The molecule has 0 fully saturated rings. The predicted molar refractivity (Wildman–Crippen MR) is 96.2 cm³/mol. The first-order valence-corrected chi connectivity index (χ1v) is 9.06. The molecule has 9 heteroatoms. The molecule has 0 unspecified atom stereocenters. The van der Waals surface area contributed by atoms with Crippen molar-refractivity contribution in [1.82, 2.24) is 15.0 Å². The number of benzene rings is 1. The van der Waals surface area contributed by atoms with Crippen LogP contribution in [0.4, 0.5) is 5.95 Å². The normalized spacial score (nSPS) is 11.5. The number of rotatable bonds is 3. The van der Waals surface area contributed by atoms with Crippen LogP contribution in [0.5, 0.6) is 0 Å². The van der Waals surface area contributed by atoms with Crippen molar-refractivity contribution in [3.8, 4) is 22.3 Å². The van der Waals surface area contributed by atoms with Gasteiger partial charge >= 0.3 is 0 Å². The van der Waals surface area contributed by atoms with Gasteiger partial charge in [-0.25, -0.2) is 23.5 Å². The molecule has 0 spiro atoms. The molecular weight excluding hydrogens is 362 g/mol. The van der Waals surface area contributed by atoms with E-state index in [0.29, 0.717) is 27.9 Å². The van der Waals surface area contributed by atoms with Crippen molar-refractivity contribution in [1.29, 1.82) is 0 Å². The smallest absolute Gasteiger partial charge is 0.239 e. The molecule has 4 N–H and O–H groups in total. The molecule has 25 heavy (non-hydrogen) atoms. The first-order chi connectivity index (χ1) is 11.8. The Bertz CT molecular complexity index is 1060. The monoisotopic (exact) mass is 375 g/mol. The number of aryl methyl sites for hydroxylation is 1. The maximum atomic E-state index is 12.0. The molecule has 0 saturated heterocycles. The van der Waals surface area contributed by atoms with Crippen LogP contribution in [0.25, 0.3) is 22.3 Å². The number of pyridine rings is 1. The van der Waals surface area contributed by atoms with Gasteiger partial charge in [-0.15, -0.1) is 0 Å². The van der Waals surface area contributed by atoms with Gasteiger partial charge in [0.05, 0.1) is 10.7 Å². The number of sulfonamides is 1. The Morgan fingerprint density at radius 1 is 1.12 bits per heavy atom. The molecule has 0 radical (unpaired) electrons. The maximum Gasteiger partial charge on any atom is 0.239 e. The van der Waals surface area contributed by atoms with Crippen molar-refractivity contribution >= 4 is 27.6 Å². The van der Waals surface area contributed by atoms with Gasteiger partial charge in [0, 0.05) is 35.3 Å². The van der Waals surface area contributed by atoms with Gasteiger partial charge in [-0.2, -0.15) is 0 Å². The number of nitrogen functional groups attached to an aromatic ring is 1. The fourth-order valence-electron chi connectivity index (χ4n) is 2.46. The second kappa shape index (κ2) is 6.40. The van der Waals surface area contributed by atoms with Crippen LogP contribution in [0.15, 0.2) is 47.8 Å². The highest BCUT2D eigenvalue weighted by atomic mass is 35.5. The van der Waals surface area contributed by atoms with Crippen LogP contribution >= 0.6 is 11.6 Å². The van der Waals surface area contributed by atoms with Gasteiger partial charge in [-0.3, -0.25) is 4.98 Å². The van der Waals surface area contributed by atoms with E-state index in [9.17, 15) is 8.42 Å². The Kier molecular flexibility index (Phi) is 4.42. The first-order valence-electron chi connectivity index (χ1n) is 7.13. The highest BCUT2D eigenvalue weighted by Gasteiger charge is 2.20. The Morgan fingerprint density at radius 2 is 1.88 bits per heavy atom. The fourth-order valence-corrected chi connectivity index (χ4v) is 3.65. The topological polar surface area (TPSA) is 125 Å². The molecule has 0 aliphatic carbocycles. The van der Waals surface area contributed by atoms with Crippen molar-refractivity contribution in [2.45, 2.75) is 11.8 Å². The van der Waals surface area contributed by atoms with E-state index in [1.54, 1.807) is 37.5 Å². The molecule has 3 aromatic rings. The molecule has 7 nitrogen and oxygen atoms in total. The van der Waals surface area contributed by atoms with Crippen LogP contribution < -0.4 is 10.9 Å². The van der Waals surface area contributed by atoms with Crippen LogP contribution in [0.2, 0.25) is 5.02 Å². The number of nitrogens with two attached hydrogens (primary N) is 2. The highest BCUT2D eigenvalue weighted by molar-refractivity contribution is 7.89. The number of nitrogens with zero attached hydrogens (tertiary/aromatic N) is 3. The summed E-state index contributed by atoms with van der Waals surface area (Å²) in [5.74, 6) is 0.134. The number of anilines is 1. The summed E-state index contributed by atoms with van der Waals surface area (Å²) in [5, 5.41) is 5.37. The molecule has 3 rings (SSSR count). The summed E-state index contributed by atoms with van der Waals surface area (Å²) in [6.07, 6.45) is 4.73. The maximum absolute atomic E-state index is 12.0. The zero-order chi connectivity index (χ0) is 18.2. The number of hydrogen-bond acceptors (Lipinski definition) is 6. The molecule has 128 valence electrons. The standard InChI is InChI=1S/C16H14ClN5O2S/c1-9-13(8-21-16(18)22-9)11-5-12(10-3-2-4-20-7-10)15(17)14(6-11)25(19,23)24/h2-8H,1H3,(H2,18,21,22)(H2,19,23,24). The third-order valence-electron chi connectivity index (χ3n) is 3.63. The van der Waals surface area contributed by atoms with Crippen molar-refractivity contribution in [3.63, 3.8) is 0 Å². The summed E-state index contributed by atoms with van der Waals surface area (Å²) >= 11 is 6.31. The van der Waals surface area contributed by atoms with E-state index in [4.69, 9.17) is 22.5 Å². The second-order valence-electron chi connectivity index (χ2n) is 5.35. The van der Waals surface area contributed by atoms with Crippen LogP contribution in [0, 0.1) is 6.92 Å². The van der Waals surface area contributed by atoms with E-state index in [-0.39, 0.29) is 15.9 Å². The first kappa shape index (κ1) is 17.3. The minimum Gasteiger partial charge on any atom is -0.368 e. The number of hydrogen-bond donors (Lipinski definition) is 2. The lowest BCUT2D eigenvalue weighted by atomic mass is 10.00. The Labute approximate surface area is 149 Å². The second-order valence-corrected chi connectivity index (χ2v) is 7.26. The van der Waals surface area contributed by atoms with E-state index < -0.39 is 10.0 Å². The van der Waals surface area contributed by atoms with Crippen LogP contribution in [-0.2, 0) is 10.0 Å². The average Bonchev–Trinajstić information content (AvgIpc) is 2.55. The lowest BCUT2D eigenvalue weighted by Crippen LogP contribution is -2.13. The molecule has 0 amide bonds. The van der Waals surface area contributed by atoms with Gasteiger partial charge in [-0.1, -0.05) is 17.7 Å². The fraction of sp³-hybridized carbons (Fsp3) is 0.0625. The van der Waals surface area contributed by atoms with E-state index in [1.165, 1.54) is 12.3 Å². The van der Waals surface area contributed by atoms with Crippen molar-refractivity contribution < 1.29 is 8.42 Å². The zero-order valence-corrected chi connectivity index (χ0v) is 14.7. The Hall–Kier alpha value is -2.55. The summed E-state index contributed by atoms with van der Waals surface area (Å²) in [6.45, 7) is 1.75. The number of halogens is 1. The molecule has 0 aliphatic rings. The van der Waals surface area contributed by atoms with E-state index >= 15 is 0 Å².